The minimum Gasteiger partial charge on any atom is -0.456 e. The molecule has 1 N–H and O–H groups in total. The van der Waals surface area contributed by atoms with Gasteiger partial charge in [0.25, 0.3) is 5.91 Å². The van der Waals surface area contributed by atoms with Gasteiger partial charge >= 0.3 is 0 Å². The molecule has 0 aliphatic heterocycles. The number of pyridine rings is 2. The lowest BCUT2D eigenvalue weighted by atomic mass is 10.1. The topological polar surface area (TPSA) is 69.0 Å². The summed E-state index contributed by atoms with van der Waals surface area (Å²) >= 11 is 0. The first-order valence-electron chi connectivity index (χ1n) is 11.0. The average molecular weight is 449 g/mol. The minimum atomic E-state index is -0.187. The molecule has 0 bridgehead atoms. The summed E-state index contributed by atoms with van der Waals surface area (Å²) in [5.74, 6) is 1.11. The summed E-state index contributed by atoms with van der Waals surface area (Å²) in [4.78, 5) is 21.8. The van der Waals surface area contributed by atoms with E-state index in [1.54, 1.807) is 24.5 Å². The van der Waals surface area contributed by atoms with Crippen LogP contribution in [0.4, 0.5) is 5.69 Å². The Hall–Kier alpha value is -4.45. The number of nitrogens with zero attached hydrogens (tertiary/aromatic N) is 3. The fourth-order valence-electron chi connectivity index (χ4n) is 3.85. The molecule has 6 nitrogen and oxygen atoms in total. The van der Waals surface area contributed by atoms with Crippen molar-refractivity contribution in [3.8, 4) is 22.8 Å². The van der Waals surface area contributed by atoms with E-state index in [2.05, 4.69) is 10.3 Å². The molecule has 0 unspecified atom stereocenters. The van der Waals surface area contributed by atoms with E-state index in [9.17, 15) is 4.79 Å². The van der Waals surface area contributed by atoms with Crippen molar-refractivity contribution >= 4 is 22.6 Å². The van der Waals surface area contributed by atoms with Gasteiger partial charge in [0.15, 0.2) is 0 Å². The molecule has 5 rings (SSSR count). The number of benzene rings is 2. The Labute approximate surface area is 197 Å². The molecule has 0 aliphatic rings. The van der Waals surface area contributed by atoms with Crippen molar-refractivity contribution in [2.24, 2.45) is 7.05 Å². The highest BCUT2D eigenvalue weighted by molar-refractivity contribution is 6.04. The standard InChI is InChI=1S/C28H24N4O2/c1-18-5-4-6-22(15-18)30-28(33)21-8-7-19(2)25(16-21)34-26-17-24(20-9-12-29-13-10-20)31-27-23(26)11-14-32(27)3/h4-17H,1-3H3,(H,30,33). The lowest BCUT2D eigenvalue weighted by molar-refractivity contribution is 0.102. The number of aromatic nitrogens is 3. The molecule has 2 aromatic carbocycles. The number of ether oxygens (including phenoxy) is 1. The summed E-state index contributed by atoms with van der Waals surface area (Å²) in [6.07, 6.45) is 5.44. The van der Waals surface area contributed by atoms with Crippen LogP contribution in [0.2, 0.25) is 0 Å². The molecule has 3 heterocycles. The Morgan fingerprint density at radius 3 is 2.56 bits per heavy atom. The molecule has 0 fully saturated rings. The fourth-order valence-corrected chi connectivity index (χ4v) is 3.85. The molecule has 3 aromatic heterocycles. The molecule has 0 radical (unpaired) electrons. The maximum Gasteiger partial charge on any atom is 0.255 e. The van der Waals surface area contributed by atoms with E-state index >= 15 is 0 Å². The largest absolute Gasteiger partial charge is 0.456 e. The van der Waals surface area contributed by atoms with E-state index in [0.29, 0.717) is 17.1 Å². The van der Waals surface area contributed by atoms with E-state index < -0.39 is 0 Å². The van der Waals surface area contributed by atoms with E-state index in [1.807, 2.05) is 86.3 Å². The molecule has 0 atom stereocenters. The number of rotatable bonds is 5. The number of hydrogen-bond acceptors (Lipinski definition) is 4. The molecule has 168 valence electrons. The van der Waals surface area contributed by atoms with Crippen molar-refractivity contribution in [2.75, 3.05) is 5.32 Å². The van der Waals surface area contributed by atoms with Crippen molar-refractivity contribution in [3.63, 3.8) is 0 Å². The molecule has 0 spiro atoms. The lowest BCUT2D eigenvalue weighted by Gasteiger charge is -2.13. The van der Waals surface area contributed by atoms with Gasteiger partial charge in [-0.2, -0.15) is 0 Å². The van der Waals surface area contributed by atoms with Gasteiger partial charge in [-0.05, 0) is 67.4 Å². The summed E-state index contributed by atoms with van der Waals surface area (Å²) in [6, 6.07) is 21.0. The zero-order valence-electron chi connectivity index (χ0n) is 19.2. The number of anilines is 1. The highest BCUT2D eigenvalue weighted by Gasteiger charge is 2.15. The predicted molar refractivity (Wildman–Crippen MR) is 134 cm³/mol. The third-order valence-electron chi connectivity index (χ3n) is 5.72. The Bertz CT molecular complexity index is 1510. The van der Waals surface area contributed by atoms with Crippen LogP contribution in [-0.4, -0.2) is 20.4 Å². The molecule has 5 aromatic rings. The van der Waals surface area contributed by atoms with Gasteiger partial charge in [-0.15, -0.1) is 0 Å². The lowest BCUT2D eigenvalue weighted by Crippen LogP contribution is -2.12. The first-order chi connectivity index (χ1) is 16.5. The van der Waals surface area contributed by atoms with Gasteiger partial charge in [0.2, 0.25) is 0 Å². The summed E-state index contributed by atoms with van der Waals surface area (Å²) in [7, 11) is 1.96. The zero-order chi connectivity index (χ0) is 23.7. The van der Waals surface area contributed by atoms with Crippen LogP contribution in [0.25, 0.3) is 22.3 Å². The fraction of sp³-hybridized carbons (Fsp3) is 0.107. The highest BCUT2D eigenvalue weighted by Crippen LogP contribution is 2.35. The van der Waals surface area contributed by atoms with Gasteiger partial charge < -0.3 is 14.6 Å². The smallest absolute Gasteiger partial charge is 0.255 e. The Kier molecular flexibility index (Phi) is 5.55. The van der Waals surface area contributed by atoms with Crippen LogP contribution in [0, 0.1) is 13.8 Å². The SMILES string of the molecule is Cc1cccc(NC(=O)c2ccc(C)c(Oc3cc(-c4ccncc4)nc4c3ccn4C)c2)c1. The van der Waals surface area contributed by atoms with Crippen LogP contribution in [-0.2, 0) is 7.05 Å². The zero-order valence-corrected chi connectivity index (χ0v) is 19.2. The van der Waals surface area contributed by atoms with Crippen molar-refractivity contribution in [1.82, 2.24) is 14.5 Å². The quantitative estimate of drug-likeness (QED) is 0.343. The van der Waals surface area contributed by atoms with E-state index in [1.165, 1.54) is 0 Å². The van der Waals surface area contributed by atoms with Gasteiger partial charge in [-0.25, -0.2) is 4.98 Å². The number of hydrogen-bond donors (Lipinski definition) is 1. The number of fused-ring (bicyclic) bond motifs is 1. The van der Waals surface area contributed by atoms with Gasteiger partial charge in [0.05, 0.1) is 11.1 Å². The monoisotopic (exact) mass is 448 g/mol. The molecule has 6 heteroatoms. The second-order valence-corrected chi connectivity index (χ2v) is 8.31. The second-order valence-electron chi connectivity index (χ2n) is 8.31. The summed E-state index contributed by atoms with van der Waals surface area (Å²) < 4.78 is 8.37. The normalized spacial score (nSPS) is 10.9. The second kappa shape index (κ2) is 8.83. The number of amides is 1. The van der Waals surface area contributed by atoms with Crippen molar-refractivity contribution in [2.45, 2.75) is 13.8 Å². The molecule has 0 aliphatic carbocycles. The summed E-state index contributed by atoms with van der Waals surface area (Å²) in [5.41, 5.74) is 5.85. The van der Waals surface area contributed by atoms with Gasteiger partial charge in [-0.1, -0.05) is 18.2 Å². The third-order valence-corrected chi connectivity index (χ3v) is 5.72. The maximum absolute atomic E-state index is 12.9. The Morgan fingerprint density at radius 1 is 0.941 bits per heavy atom. The molecular weight excluding hydrogens is 424 g/mol. The van der Waals surface area contributed by atoms with Crippen molar-refractivity contribution in [1.29, 1.82) is 0 Å². The van der Waals surface area contributed by atoms with Gasteiger partial charge in [0.1, 0.15) is 17.1 Å². The first-order valence-corrected chi connectivity index (χ1v) is 11.0. The van der Waals surface area contributed by atoms with Gasteiger partial charge in [-0.3, -0.25) is 9.78 Å². The van der Waals surface area contributed by atoms with E-state index in [4.69, 9.17) is 9.72 Å². The highest BCUT2D eigenvalue weighted by atomic mass is 16.5. The summed E-state index contributed by atoms with van der Waals surface area (Å²) in [6.45, 7) is 3.96. The van der Waals surface area contributed by atoms with Crippen LogP contribution < -0.4 is 10.1 Å². The predicted octanol–water partition coefficient (Wildman–Crippen LogP) is 6.30. The molecule has 0 saturated carbocycles. The molecule has 1 amide bonds. The van der Waals surface area contributed by atoms with Crippen LogP contribution in [0.3, 0.4) is 0 Å². The molecular formula is C28H24N4O2. The van der Waals surface area contributed by atoms with Gasteiger partial charge in [0, 0.05) is 48.5 Å². The van der Waals surface area contributed by atoms with Crippen LogP contribution in [0.1, 0.15) is 21.5 Å². The van der Waals surface area contributed by atoms with Crippen LogP contribution in [0.5, 0.6) is 11.5 Å². The van der Waals surface area contributed by atoms with Crippen LogP contribution >= 0.6 is 0 Å². The third kappa shape index (κ3) is 4.26. The Morgan fingerprint density at radius 2 is 1.76 bits per heavy atom. The molecule has 0 saturated heterocycles. The minimum absolute atomic E-state index is 0.187. The van der Waals surface area contributed by atoms with Crippen molar-refractivity contribution in [3.05, 3.63) is 102 Å². The van der Waals surface area contributed by atoms with Crippen LogP contribution in [0.15, 0.2) is 85.3 Å². The van der Waals surface area contributed by atoms with E-state index in [-0.39, 0.29) is 5.91 Å². The number of nitrogens with one attached hydrogen (secondary N) is 1. The number of carbonyl (C=O) groups is 1. The number of aryl methyl sites for hydroxylation is 3. The summed E-state index contributed by atoms with van der Waals surface area (Å²) in [5, 5.41) is 3.86. The molecule has 34 heavy (non-hydrogen) atoms. The first kappa shape index (κ1) is 21.4. The average Bonchev–Trinajstić information content (AvgIpc) is 3.22. The maximum atomic E-state index is 12.9. The number of carbonyl (C=O) groups excluding carboxylic acids is 1. The Balaban J connectivity index is 1.51. The van der Waals surface area contributed by atoms with E-state index in [0.717, 1.165) is 39.1 Å². The van der Waals surface area contributed by atoms with Crippen molar-refractivity contribution < 1.29 is 9.53 Å².